The molecule has 0 radical (unpaired) electrons. The van der Waals surface area contributed by atoms with Crippen molar-refractivity contribution in [1.29, 1.82) is 0 Å². The number of hydrogen-bond donors (Lipinski definition) is 0. The fraction of sp³-hybridized carbons (Fsp3) is 0.231. The average molecular weight is 308 g/mol. The lowest BCUT2D eigenvalue weighted by atomic mass is 10.2. The maximum Gasteiger partial charge on any atom is 0.263 e. The van der Waals surface area contributed by atoms with Gasteiger partial charge in [-0.15, -0.1) is 0 Å². The van der Waals surface area contributed by atoms with Crippen molar-refractivity contribution in [2.45, 2.75) is 13.0 Å². The van der Waals surface area contributed by atoms with Crippen LogP contribution >= 0.6 is 16.1 Å². The highest BCUT2D eigenvalue weighted by atomic mass is 79.9. The number of carbonyl (C=O) groups is 1. The molecule has 0 saturated heterocycles. The van der Waals surface area contributed by atoms with E-state index >= 15 is 0 Å². The lowest BCUT2D eigenvalue weighted by Gasteiger charge is -2.14. The Morgan fingerprint density at radius 3 is 2.78 bits per heavy atom. The van der Waals surface area contributed by atoms with Gasteiger partial charge in [0.25, 0.3) is 5.91 Å². The van der Waals surface area contributed by atoms with Crippen LogP contribution in [-0.4, -0.2) is 25.9 Å². The van der Waals surface area contributed by atoms with E-state index in [0.29, 0.717) is 12.1 Å². The molecule has 2 aromatic rings. The van der Waals surface area contributed by atoms with Gasteiger partial charge in [-0.3, -0.25) is 8.72 Å². The van der Waals surface area contributed by atoms with E-state index in [9.17, 15) is 4.79 Å². The molecule has 0 aliphatic carbocycles. The number of benzene rings is 1. The van der Waals surface area contributed by atoms with Crippen molar-refractivity contribution in [2.24, 2.45) is 0 Å². The molecular weight excluding hydrogens is 294 g/mol. The maximum absolute atomic E-state index is 12.0. The number of amides is 1. The van der Waals surface area contributed by atoms with Crippen molar-refractivity contribution in [3.8, 4) is 0 Å². The standard InChI is InChI=1S/C13H14BrN3O/c14-17(9-4-8-16-10-7-15-11-16)13(18)12-5-2-1-3-6-12/h1-3,5-7,10-11H,4,8-9H2. The highest BCUT2D eigenvalue weighted by molar-refractivity contribution is 9.07. The fourth-order valence-corrected chi connectivity index (χ4v) is 2.09. The third-order valence-electron chi connectivity index (χ3n) is 2.57. The maximum atomic E-state index is 12.0. The van der Waals surface area contributed by atoms with Gasteiger partial charge >= 0.3 is 0 Å². The van der Waals surface area contributed by atoms with Gasteiger partial charge in [0.05, 0.1) is 22.5 Å². The summed E-state index contributed by atoms with van der Waals surface area (Å²) >= 11 is 3.30. The molecule has 2 rings (SSSR count). The van der Waals surface area contributed by atoms with Gasteiger partial charge in [-0.1, -0.05) is 18.2 Å². The second kappa shape index (κ2) is 6.35. The second-order valence-electron chi connectivity index (χ2n) is 3.91. The minimum atomic E-state index is -0.0127. The van der Waals surface area contributed by atoms with E-state index in [2.05, 4.69) is 21.1 Å². The fourth-order valence-electron chi connectivity index (χ4n) is 1.63. The van der Waals surface area contributed by atoms with Crippen LogP contribution in [0.4, 0.5) is 0 Å². The molecule has 0 atom stereocenters. The Morgan fingerprint density at radius 2 is 2.11 bits per heavy atom. The summed E-state index contributed by atoms with van der Waals surface area (Å²) in [6, 6.07) is 9.24. The number of aryl methyl sites for hydroxylation is 1. The molecule has 0 bridgehead atoms. The number of imidazole rings is 1. The van der Waals surface area contributed by atoms with E-state index in [-0.39, 0.29) is 5.91 Å². The molecule has 0 unspecified atom stereocenters. The molecule has 4 nitrogen and oxygen atoms in total. The molecular formula is C13H14BrN3O. The van der Waals surface area contributed by atoms with E-state index in [1.54, 1.807) is 16.5 Å². The molecule has 0 spiro atoms. The van der Waals surface area contributed by atoms with Crippen molar-refractivity contribution in [1.82, 2.24) is 13.5 Å². The van der Waals surface area contributed by atoms with Crippen LogP contribution in [0.5, 0.6) is 0 Å². The minimum absolute atomic E-state index is 0.0127. The molecule has 18 heavy (non-hydrogen) atoms. The van der Waals surface area contributed by atoms with E-state index in [0.717, 1.165) is 13.0 Å². The van der Waals surface area contributed by atoms with Crippen molar-refractivity contribution >= 4 is 22.1 Å². The summed E-state index contributed by atoms with van der Waals surface area (Å²) in [6.45, 7) is 1.51. The molecule has 94 valence electrons. The predicted octanol–water partition coefficient (Wildman–Crippen LogP) is 2.73. The van der Waals surface area contributed by atoms with E-state index < -0.39 is 0 Å². The molecule has 1 aromatic heterocycles. The highest BCUT2D eigenvalue weighted by Gasteiger charge is 2.11. The third-order valence-corrected chi connectivity index (χ3v) is 3.25. The Morgan fingerprint density at radius 1 is 1.33 bits per heavy atom. The normalized spacial score (nSPS) is 10.3. The molecule has 5 heteroatoms. The third kappa shape index (κ3) is 3.43. The SMILES string of the molecule is O=C(c1ccccc1)N(Br)CCCn1ccnc1. The number of carbonyl (C=O) groups excluding carboxylic acids is 1. The monoisotopic (exact) mass is 307 g/mol. The minimum Gasteiger partial charge on any atom is -0.337 e. The number of aromatic nitrogens is 2. The summed E-state index contributed by atoms with van der Waals surface area (Å²) in [5, 5.41) is 0. The number of halogens is 1. The first-order valence-electron chi connectivity index (χ1n) is 5.76. The molecule has 0 fully saturated rings. The Balaban J connectivity index is 1.81. The Kier molecular flexibility index (Phi) is 4.52. The van der Waals surface area contributed by atoms with Crippen molar-refractivity contribution in [3.05, 3.63) is 54.6 Å². The van der Waals surface area contributed by atoms with Gasteiger partial charge in [0.1, 0.15) is 0 Å². The predicted molar refractivity (Wildman–Crippen MR) is 73.2 cm³/mol. The van der Waals surface area contributed by atoms with Crippen molar-refractivity contribution in [2.75, 3.05) is 6.54 Å². The lowest BCUT2D eigenvalue weighted by Crippen LogP contribution is -2.22. The number of hydrogen-bond acceptors (Lipinski definition) is 2. The lowest BCUT2D eigenvalue weighted by molar-refractivity contribution is 0.0877. The quantitative estimate of drug-likeness (QED) is 0.797. The average Bonchev–Trinajstić information content (AvgIpc) is 2.92. The summed E-state index contributed by atoms with van der Waals surface area (Å²) in [4.78, 5) is 16.0. The van der Waals surface area contributed by atoms with Gasteiger partial charge in [0, 0.05) is 31.0 Å². The van der Waals surface area contributed by atoms with Gasteiger partial charge < -0.3 is 4.57 Å². The van der Waals surface area contributed by atoms with Gasteiger partial charge in [0.2, 0.25) is 0 Å². The zero-order chi connectivity index (χ0) is 12.8. The summed E-state index contributed by atoms with van der Waals surface area (Å²) in [5.74, 6) is -0.0127. The second-order valence-corrected chi connectivity index (χ2v) is 4.77. The molecule has 0 saturated carbocycles. The first kappa shape index (κ1) is 12.8. The van der Waals surface area contributed by atoms with Gasteiger partial charge in [-0.05, 0) is 18.6 Å². The number of rotatable bonds is 5. The smallest absolute Gasteiger partial charge is 0.263 e. The zero-order valence-corrected chi connectivity index (χ0v) is 11.5. The Hall–Kier alpha value is -1.62. The highest BCUT2D eigenvalue weighted by Crippen LogP contribution is 2.09. The topological polar surface area (TPSA) is 38.1 Å². The van der Waals surface area contributed by atoms with Crippen molar-refractivity contribution in [3.63, 3.8) is 0 Å². The molecule has 0 aliphatic heterocycles. The van der Waals surface area contributed by atoms with Gasteiger partial charge in [-0.2, -0.15) is 0 Å². The van der Waals surface area contributed by atoms with Crippen LogP contribution in [0.25, 0.3) is 0 Å². The zero-order valence-electron chi connectivity index (χ0n) is 9.87. The largest absolute Gasteiger partial charge is 0.337 e. The van der Waals surface area contributed by atoms with Crippen LogP contribution in [0.2, 0.25) is 0 Å². The molecule has 1 aromatic carbocycles. The van der Waals surface area contributed by atoms with Gasteiger partial charge in [0.15, 0.2) is 0 Å². The molecule has 1 amide bonds. The van der Waals surface area contributed by atoms with E-state index in [4.69, 9.17) is 0 Å². The summed E-state index contributed by atoms with van der Waals surface area (Å²) in [6.07, 6.45) is 6.32. The summed E-state index contributed by atoms with van der Waals surface area (Å²) in [7, 11) is 0. The van der Waals surface area contributed by atoms with Crippen LogP contribution in [0, 0.1) is 0 Å². The van der Waals surface area contributed by atoms with Gasteiger partial charge in [-0.25, -0.2) is 4.98 Å². The molecule has 1 heterocycles. The van der Waals surface area contributed by atoms with E-state index in [1.165, 1.54) is 0 Å². The Bertz CT molecular complexity index is 484. The first-order valence-corrected chi connectivity index (χ1v) is 6.47. The van der Waals surface area contributed by atoms with Crippen LogP contribution in [-0.2, 0) is 6.54 Å². The van der Waals surface area contributed by atoms with E-state index in [1.807, 2.05) is 41.1 Å². The van der Waals surface area contributed by atoms with Crippen molar-refractivity contribution < 1.29 is 4.79 Å². The van der Waals surface area contributed by atoms with Crippen LogP contribution < -0.4 is 0 Å². The summed E-state index contributed by atoms with van der Waals surface area (Å²) < 4.78 is 3.56. The summed E-state index contributed by atoms with van der Waals surface area (Å²) in [5.41, 5.74) is 0.692. The van der Waals surface area contributed by atoms with Crippen LogP contribution in [0.3, 0.4) is 0 Å². The van der Waals surface area contributed by atoms with Crippen LogP contribution in [0.15, 0.2) is 49.1 Å². The Labute approximate surface area is 115 Å². The van der Waals surface area contributed by atoms with Crippen LogP contribution in [0.1, 0.15) is 16.8 Å². The molecule has 0 N–H and O–H groups in total. The molecule has 0 aliphatic rings. The number of nitrogens with zero attached hydrogens (tertiary/aromatic N) is 3. The first-order chi connectivity index (χ1) is 8.77.